The highest BCUT2D eigenvalue weighted by molar-refractivity contribution is 7.92. The Labute approximate surface area is 117 Å². The first-order valence-electron chi connectivity index (χ1n) is 5.33. The molecule has 5 nitrogen and oxygen atoms in total. The Morgan fingerprint density at radius 3 is 2.32 bits per heavy atom. The van der Waals surface area contributed by atoms with Gasteiger partial charge in [0.15, 0.2) is 0 Å². The van der Waals surface area contributed by atoms with Crippen LogP contribution in [0.25, 0.3) is 6.08 Å². The van der Waals surface area contributed by atoms with E-state index >= 15 is 0 Å². The van der Waals surface area contributed by atoms with Gasteiger partial charge in [-0.3, -0.25) is 4.79 Å². The zero-order chi connectivity index (χ0) is 14.7. The first-order valence-corrected chi connectivity index (χ1v) is 7.26. The third-order valence-electron chi connectivity index (χ3n) is 2.24. The van der Waals surface area contributed by atoms with Crippen molar-refractivity contribution in [1.82, 2.24) is 4.72 Å². The van der Waals surface area contributed by atoms with E-state index in [2.05, 4.69) is 4.72 Å². The van der Waals surface area contributed by atoms with Gasteiger partial charge in [0.25, 0.3) is 0 Å². The Morgan fingerprint density at radius 1 is 1.32 bits per heavy atom. The standard InChI is InChI=1S/C12H14ClNO4S/c1-12(2,11(15)16)14-19(17,18)8-7-9-3-5-10(13)6-4-9/h3-8,14H,1-2H3,(H,15,16). The normalized spacial score (nSPS) is 12.8. The molecule has 19 heavy (non-hydrogen) atoms. The molecule has 0 aliphatic carbocycles. The van der Waals surface area contributed by atoms with Crippen molar-refractivity contribution < 1.29 is 18.3 Å². The molecule has 1 rings (SSSR count). The van der Waals surface area contributed by atoms with Gasteiger partial charge >= 0.3 is 5.97 Å². The van der Waals surface area contributed by atoms with Crippen LogP contribution in [-0.4, -0.2) is 25.0 Å². The van der Waals surface area contributed by atoms with Crippen LogP contribution in [0.3, 0.4) is 0 Å². The largest absolute Gasteiger partial charge is 0.480 e. The monoisotopic (exact) mass is 303 g/mol. The molecule has 0 radical (unpaired) electrons. The summed E-state index contributed by atoms with van der Waals surface area (Å²) in [7, 11) is -3.84. The number of carboxylic acid groups (broad SMARTS) is 1. The molecular formula is C12H14ClNO4S. The Bertz CT molecular complexity index is 591. The maximum absolute atomic E-state index is 11.7. The fourth-order valence-electron chi connectivity index (χ4n) is 1.18. The van der Waals surface area contributed by atoms with Crippen LogP contribution in [0.2, 0.25) is 5.02 Å². The Hall–Kier alpha value is -1.37. The molecule has 0 aliphatic rings. The fraction of sp³-hybridized carbons (Fsp3) is 0.250. The van der Waals surface area contributed by atoms with Crippen LogP contribution in [0.15, 0.2) is 29.7 Å². The van der Waals surface area contributed by atoms with Gasteiger partial charge in [0, 0.05) is 10.4 Å². The van der Waals surface area contributed by atoms with Crippen LogP contribution in [0.5, 0.6) is 0 Å². The average molecular weight is 304 g/mol. The minimum atomic E-state index is -3.84. The maximum Gasteiger partial charge on any atom is 0.324 e. The van der Waals surface area contributed by atoms with Crippen LogP contribution < -0.4 is 4.72 Å². The van der Waals surface area contributed by atoms with E-state index in [4.69, 9.17) is 16.7 Å². The van der Waals surface area contributed by atoms with E-state index in [1.54, 1.807) is 24.3 Å². The van der Waals surface area contributed by atoms with Gasteiger partial charge in [-0.1, -0.05) is 23.7 Å². The van der Waals surface area contributed by atoms with E-state index < -0.39 is 21.5 Å². The summed E-state index contributed by atoms with van der Waals surface area (Å²) in [6, 6.07) is 6.55. The van der Waals surface area contributed by atoms with Gasteiger partial charge in [-0.15, -0.1) is 0 Å². The molecule has 0 saturated heterocycles. The van der Waals surface area contributed by atoms with Crippen molar-refractivity contribution in [2.24, 2.45) is 0 Å². The molecule has 0 aromatic heterocycles. The van der Waals surface area contributed by atoms with Crippen molar-refractivity contribution >= 4 is 33.7 Å². The summed E-state index contributed by atoms with van der Waals surface area (Å²) in [4.78, 5) is 10.8. The molecule has 0 amide bonds. The lowest BCUT2D eigenvalue weighted by molar-refractivity contribution is -0.142. The number of carbonyl (C=O) groups is 1. The van der Waals surface area contributed by atoms with E-state index in [1.807, 2.05) is 0 Å². The molecular weight excluding hydrogens is 290 g/mol. The molecule has 0 aliphatic heterocycles. The van der Waals surface area contributed by atoms with Gasteiger partial charge in [0.05, 0.1) is 0 Å². The molecule has 0 spiro atoms. The number of halogens is 1. The molecule has 0 heterocycles. The van der Waals surface area contributed by atoms with Crippen molar-refractivity contribution in [3.63, 3.8) is 0 Å². The Kier molecular flexibility index (Phi) is 4.73. The van der Waals surface area contributed by atoms with Gasteiger partial charge in [0.1, 0.15) is 5.54 Å². The molecule has 0 saturated carbocycles. The van der Waals surface area contributed by atoms with Crippen molar-refractivity contribution in [3.05, 3.63) is 40.3 Å². The highest BCUT2D eigenvalue weighted by Crippen LogP contribution is 2.12. The van der Waals surface area contributed by atoms with Crippen LogP contribution >= 0.6 is 11.6 Å². The van der Waals surface area contributed by atoms with Crippen LogP contribution in [0.1, 0.15) is 19.4 Å². The zero-order valence-electron chi connectivity index (χ0n) is 10.4. The summed E-state index contributed by atoms with van der Waals surface area (Å²) in [5.41, 5.74) is -0.925. The zero-order valence-corrected chi connectivity index (χ0v) is 12.0. The molecule has 0 fully saturated rings. The number of nitrogens with one attached hydrogen (secondary N) is 1. The molecule has 7 heteroatoms. The fourth-order valence-corrected chi connectivity index (χ4v) is 2.50. The molecule has 1 aromatic rings. The minimum Gasteiger partial charge on any atom is -0.480 e. The summed E-state index contributed by atoms with van der Waals surface area (Å²) in [5, 5.41) is 10.3. The summed E-state index contributed by atoms with van der Waals surface area (Å²) in [6.45, 7) is 2.53. The molecule has 1 aromatic carbocycles. The number of hydrogen-bond donors (Lipinski definition) is 2. The lowest BCUT2D eigenvalue weighted by Gasteiger charge is -2.19. The molecule has 2 N–H and O–H groups in total. The summed E-state index contributed by atoms with van der Waals surface area (Å²) in [5.74, 6) is -1.25. The lowest BCUT2D eigenvalue weighted by atomic mass is 10.1. The third-order valence-corrected chi connectivity index (χ3v) is 3.78. The van der Waals surface area contributed by atoms with Gasteiger partial charge in [-0.2, -0.15) is 4.72 Å². The number of aliphatic carboxylic acids is 1. The Balaban J connectivity index is 2.86. The van der Waals surface area contributed by atoms with E-state index in [-0.39, 0.29) is 0 Å². The molecule has 0 unspecified atom stereocenters. The van der Waals surface area contributed by atoms with Crippen LogP contribution in [-0.2, 0) is 14.8 Å². The first kappa shape index (κ1) is 15.7. The van der Waals surface area contributed by atoms with Crippen molar-refractivity contribution in [2.45, 2.75) is 19.4 Å². The maximum atomic E-state index is 11.7. The second kappa shape index (κ2) is 5.73. The molecule has 104 valence electrons. The highest BCUT2D eigenvalue weighted by atomic mass is 35.5. The number of rotatable bonds is 5. The van der Waals surface area contributed by atoms with Crippen molar-refractivity contribution in [3.8, 4) is 0 Å². The highest BCUT2D eigenvalue weighted by Gasteiger charge is 2.31. The van der Waals surface area contributed by atoms with E-state index in [0.29, 0.717) is 10.6 Å². The van der Waals surface area contributed by atoms with Crippen LogP contribution in [0.4, 0.5) is 0 Å². The smallest absolute Gasteiger partial charge is 0.324 e. The second-order valence-corrected chi connectivity index (χ2v) is 6.43. The van der Waals surface area contributed by atoms with Crippen LogP contribution in [0, 0.1) is 0 Å². The van der Waals surface area contributed by atoms with Gasteiger partial charge in [-0.05, 0) is 37.6 Å². The predicted octanol–water partition coefficient (Wildman–Crippen LogP) is 2.09. The topological polar surface area (TPSA) is 83.5 Å². The van der Waals surface area contributed by atoms with E-state index in [1.165, 1.54) is 19.9 Å². The van der Waals surface area contributed by atoms with E-state index in [9.17, 15) is 13.2 Å². The third kappa shape index (κ3) is 5.02. The van der Waals surface area contributed by atoms with Crippen molar-refractivity contribution in [2.75, 3.05) is 0 Å². The predicted molar refractivity (Wildman–Crippen MR) is 74.3 cm³/mol. The van der Waals surface area contributed by atoms with Crippen molar-refractivity contribution in [1.29, 1.82) is 0 Å². The summed E-state index contributed by atoms with van der Waals surface area (Å²) >= 11 is 5.70. The second-order valence-electron chi connectivity index (χ2n) is 4.43. The van der Waals surface area contributed by atoms with Gasteiger partial charge < -0.3 is 5.11 Å². The number of benzene rings is 1. The summed E-state index contributed by atoms with van der Waals surface area (Å²) in [6.07, 6.45) is 1.36. The molecule has 0 atom stereocenters. The quantitative estimate of drug-likeness (QED) is 0.872. The number of sulfonamides is 1. The number of carboxylic acids is 1. The van der Waals surface area contributed by atoms with Gasteiger partial charge in [0.2, 0.25) is 10.0 Å². The average Bonchev–Trinajstić information content (AvgIpc) is 2.27. The SMILES string of the molecule is CC(C)(NS(=O)(=O)C=Cc1ccc(Cl)cc1)C(=O)O. The van der Waals surface area contributed by atoms with E-state index in [0.717, 1.165) is 5.41 Å². The summed E-state index contributed by atoms with van der Waals surface area (Å²) < 4.78 is 25.5. The Morgan fingerprint density at radius 2 is 1.84 bits per heavy atom. The number of hydrogen-bond acceptors (Lipinski definition) is 3. The minimum absolute atomic E-state index is 0.546. The molecule has 0 bridgehead atoms. The first-order chi connectivity index (χ1) is 8.62. The van der Waals surface area contributed by atoms with Gasteiger partial charge in [-0.25, -0.2) is 8.42 Å². The lowest BCUT2D eigenvalue weighted by Crippen LogP contribution is -2.48.